The number of fused-ring (bicyclic) bond motifs is 1. The summed E-state index contributed by atoms with van der Waals surface area (Å²) in [5.74, 6) is -1.38. The lowest BCUT2D eigenvalue weighted by Crippen LogP contribution is -2.42. The molecule has 0 bridgehead atoms. The van der Waals surface area contributed by atoms with Gasteiger partial charge in [0.15, 0.2) is 0 Å². The number of amides is 2. The average Bonchev–Trinajstić information content (AvgIpc) is 2.89. The minimum Gasteiger partial charge on any atom is -0.480 e. The standard InChI is InChI=1S/C22H24N2O4/c1-23(15-20(26)27)19(25)12-13-22(14-16-8-4-3-5-9-16)17-10-6-7-11-18(17)24(2)21(22)28/h3-11H,12-15H2,1-2H3,(H,26,27). The fourth-order valence-corrected chi connectivity index (χ4v) is 3.96. The normalized spacial score (nSPS) is 18.1. The number of carboxylic acids is 1. The van der Waals surface area contributed by atoms with Gasteiger partial charge in [-0.3, -0.25) is 14.4 Å². The Hall–Kier alpha value is -3.15. The number of likely N-dealkylation sites (N-methyl/N-ethyl adjacent to an activating group) is 2. The predicted octanol–water partition coefficient (Wildman–Crippen LogP) is 2.47. The van der Waals surface area contributed by atoms with E-state index in [-0.39, 0.29) is 24.8 Å². The number of nitrogens with zero attached hydrogens (tertiary/aromatic N) is 2. The molecule has 2 aromatic carbocycles. The molecular weight excluding hydrogens is 356 g/mol. The summed E-state index contributed by atoms with van der Waals surface area (Å²) in [7, 11) is 3.23. The first-order valence-electron chi connectivity index (χ1n) is 9.22. The van der Waals surface area contributed by atoms with Crippen molar-refractivity contribution in [2.24, 2.45) is 0 Å². The Kier molecular flexibility index (Phi) is 5.49. The van der Waals surface area contributed by atoms with E-state index in [1.54, 1.807) is 11.9 Å². The fourth-order valence-electron chi connectivity index (χ4n) is 3.96. The minimum atomic E-state index is -1.06. The lowest BCUT2D eigenvalue weighted by molar-refractivity contribution is -0.143. The topological polar surface area (TPSA) is 77.9 Å². The fraction of sp³-hybridized carbons (Fsp3) is 0.318. The van der Waals surface area contributed by atoms with Gasteiger partial charge < -0.3 is 14.9 Å². The number of hydrogen-bond donors (Lipinski definition) is 1. The SMILES string of the molecule is CN(CC(=O)O)C(=O)CCC1(Cc2ccccc2)C(=O)N(C)c2ccccc21. The highest BCUT2D eigenvalue weighted by Crippen LogP contribution is 2.46. The highest BCUT2D eigenvalue weighted by atomic mass is 16.4. The largest absolute Gasteiger partial charge is 0.480 e. The van der Waals surface area contributed by atoms with Crippen molar-refractivity contribution in [2.45, 2.75) is 24.7 Å². The lowest BCUT2D eigenvalue weighted by atomic mass is 9.73. The van der Waals surface area contributed by atoms with Gasteiger partial charge in [-0.1, -0.05) is 48.5 Å². The molecule has 2 amide bonds. The molecule has 0 fully saturated rings. The van der Waals surface area contributed by atoms with Crippen LogP contribution in [-0.2, 0) is 26.2 Å². The number of hydrogen-bond acceptors (Lipinski definition) is 3. The van der Waals surface area contributed by atoms with E-state index in [1.807, 2.05) is 54.6 Å². The number of carboxylic acid groups (broad SMARTS) is 1. The van der Waals surface area contributed by atoms with Crippen molar-refractivity contribution < 1.29 is 19.5 Å². The summed E-state index contributed by atoms with van der Waals surface area (Å²) in [5, 5.41) is 8.91. The van der Waals surface area contributed by atoms with E-state index in [9.17, 15) is 14.4 Å². The summed E-state index contributed by atoms with van der Waals surface area (Å²) < 4.78 is 0. The molecule has 1 atom stereocenters. The smallest absolute Gasteiger partial charge is 0.323 e. The third-order valence-electron chi connectivity index (χ3n) is 5.41. The Morgan fingerprint density at radius 1 is 1.07 bits per heavy atom. The monoisotopic (exact) mass is 380 g/mol. The molecule has 3 rings (SSSR count). The van der Waals surface area contributed by atoms with Crippen LogP contribution in [0, 0.1) is 0 Å². The molecule has 146 valence electrons. The molecule has 0 saturated heterocycles. The van der Waals surface area contributed by atoms with Crippen molar-refractivity contribution in [3.05, 3.63) is 65.7 Å². The number of anilines is 1. The van der Waals surface area contributed by atoms with Gasteiger partial charge in [0.1, 0.15) is 6.54 Å². The molecule has 1 aliphatic heterocycles. The molecule has 1 N–H and O–H groups in total. The molecule has 0 aromatic heterocycles. The molecule has 0 radical (unpaired) electrons. The van der Waals surface area contributed by atoms with Crippen LogP contribution >= 0.6 is 0 Å². The molecule has 0 aliphatic carbocycles. The first-order valence-corrected chi connectivity index (χ1v) is 9.22. The van der Waals surface area contributed by atoms with Crippen molar-refractivity contribution in [2.75, 3.05) is 25.5 Å². The Morgan fingerprint density at radius 2 is 1.71 bits per heavy atom. The van der Waals surface area contributed by atoms with Crippen LogP contribution < -0.4 is 4.90 Å². The third kappa shape index (κ3) is 3.63. The summed E-state index contributed by atoms with van der Waals surface area (Å²) in [6.45, 7) is -0.352. The van der Waals surface area contributed by atoms with Gasteiger partial charge in [-0.2, -0.15) is 0 Å². The molecule has 0 saturated carbocycles. The van der Waals surface area contributed by atoms with Crippen molar-refractivity contribution in [3.8, 4) is 0 Å². The summed E-state index contributed by atoms with van der Waals surface area (Å²) in [4.78, 5) is 39.6. The van der Waals surface area contributed by atoms with Crippen LogP contribution in [-0.4, -0.2) is 48.4 Å². The molecular formula is C22H24N2O4. The van der Waals surface area contributed by atoms with Crippen LogP contribution in [0.1, 0.15) is 24.0 Å². The molecule has 0 spiro atoms. The quantitative estimate of drug-likeness (QED) is 0.800. The van der Waals surface area contributed by atoms with E-state index >= 15 is 0 Å². The van der Waals surface area contributed by atoms with Gasteiger partial charge in [0.2, 0.25) is 11.8 Å². The maximum absolute atomic E-state index is 13.4. The van der Waals surface area contributed by atoms with Gasteiger partial charge in [0.25, 0.3) is 0 Å². The maximum Gasteiger partial charge on any atom is 0.323 e. The van der Waals surface area contributed by atoms with Crippen LogP contribution in [0.15, 0.2) is 54.6 Å². The summed E-state index contributed by atoms with van der Waals surface area (Å²) >= 11 is 0. The van der Waals surface area contributed by atoms with Crippen molar-refractivity contribution >= 4 is 23.5 Å². The zero-order chi connectivity index (χ0) is 20.3. The Balaban J connectivity index is 1.94. The highest BCUT2D eigenvalue weighted by molar-refractivity contribution is 6.08. The van der Waals surface area contributed by atoms with E-state index < -0.39 is 11.4 Å². The van der Waals surface area contributed by atoms with E-state index in [0.717, 1.165) is 16.8 Å². The number of aliphatic carboxylic acids is 1. The molecule has 6 heteroatoms. The second-order valence-electron chi connectivity index (χ2n) is 7.27. The molecule has 28 heavy (non-hydrogen) atoms. The van der Waals surface area contributed by atoms with Gasteiger partial charge in [0, 0.05) is 26.2 Å². The predicted molar refractivity (Wildman–Crippen MR) is 106 cm³/mol. The van der Waals surface area contributed by atoms with Crippen LogP contribution in [0.3, 0.4) is 0 Å². The number of rotatable bonds is 7. The Bertz CT molecular complexity index is 896. The van der Waals surface area contributed by atoms with Gasteiger partial charge in [-0.05, 0) is 30.0 Å². The van der Waals surface area contributed by atoms with E-state index in [0.29, 0.717) is 12.8 Å². The average molecular weight is 380 g/mol. The molecule has 1 heterocycles. The van der Waals surface area contributed by atoms with Crippen molar-refractivity contribution in [1.82, 2.24) is 4.90 Å². The molecule has 6 nitrogen and oxygen atoms in total. The summed E-state index contributed by atoms with van der Waals surface area (Å²) in [6.07, 6.45) is 0.916. The van der Waals surface area contributed by atoms with E-state index in [2.05, 4.69) is 0 Å². The zero-order valence-corrected chi connectivity index (χ0v) is 16.1. The molecule has 1 unspecified atom stereocenters. The maximum atomic E-state index is 13.4. The number of carbonyl (C=O) groups excluding carboxylic acids is 2. The van der Waals surface area contributed by atoms with Gasteiger partial charge in [0.05, 0.1) is 5.41 Å². The van der Waals surface area contributed by atoms with Crippen LogP contribution in [0.5, 0.6) is 0 Å². The zero-order valence-electron chi connectivity index (χ0n) is 16.1. The van der Waals surface area contributed by atoms with Crippen LogP contribution in [0.2, 0.25) is 0 Å². The Labute approximate surface area is 164 Å². The van der Waals surface area contributed by atoms with Crippen LogP contribution in [0.4, 0.5) is 5.69 Å². The minimum absolute atomic E-state index is 0.0359. The number of benzene rings is 2. The Morgan fingerprint density at radius 3 is 2.39 bits per heavy atom. The van der Waals surface area contributed by atoms with Crippen molar-refractivity contribution in [3.63, 3.8) is 0 Å². The number of carbonyl (C=O) groups is 3. The first-order chi connectivity index (χ1) is 13.3. The number of para-hydroxylation sites is 1. The first kappa shape index (κ1) is 19.6. The summed E-state index contributed by atoms with van der Waals surface area (Å²) in [6, 6.07) is 17.4. The molecule has 1 aliphatic rings. The van der Waals surface area contributed by atoms with Gasteiger partial charge in [-0.15, -0.1) is 0 Å². The lowest BCUT2D eigenvalue weighted by Gasteiger charge is -2.29. The van der Waals surface area contributed by atoms with Crippen molar-refractivity contribution in [1.29, 1.82) is 0 Å². The second-order valence-corrected chi connectivity index (χ2v) is 7.27. The highest BCUT2D eigenvalue weighted by Gasteiger charge is 2.49. The van der Waals surface area contributed by atoms with Gasteiger partial charge >= 0.3 is 5.97 Å². The van der Waals surface area contributed by atoms with Gasteiger partial charge in [-0.25, -0.2) is 0 Å². The third-order valence-corrected chi connectivity index (χ3v) is 5.41. The van der Waals surface area contributed by atoms with E-state index in [4.69, 9.17) is 5.11 Å². The van der Waals surface area contributed by atoms with Crippen LogP contribution in [0.25, 0.3) is 0 Å². The second kappa shape index (κ2) is 7.84. The summed E-state index contributed by atoms with van der Waals surface area (Å²) in [5.41, 5.74) is 1.95. The van der Waals surface area contributed by atoms with E-state index in [1.165, 1.54) is 11.9 Å². The molecule has 2 aromatic rings.